The van der Waals surface area contributed by atoms with Crippen LogP contribution in [-0.2, 0) is 0 Å². The zero-order valence-corrected chi connectivity index (χ0v) is 13.3. The summed E-state index contributed by atoms with van der Waals surface area (Å²) in [5.41, 5.74) is 3.35. The second-order valence-corrected chi connectivity index (χ2v) is 5.93. The van der Waals surface area contributed by atoms with E-state index in [1.54, 1.807) is 11.8 Å². The molecule has 0 unspecified atom stereocenters. The molecule has 0 N–H and O–H groups in total. The van der Waals surface area contributed by atoms with Crippen LogP contribution in [0.3, 0.4) is 0 Å². The summed E-state index contributed by atoms with van der Waals surface area (Å²) >= 11 is 1.63. The van der Waals surface area contributed by atoms with Crippen molar-refractivity contribution in [2.24, 2.45) is 0 Å². The predicted molar refractivity (Wildman–Crippen MR) is 92.5 cm³/mol. The van der Waals surface area contributed by atoms with E-state index in [4.69, 9.17) is 0 Å². The highest BCUT2D eigenvalue weighted by Crippen LogP contribution is 2.28. The van der Waals surface area contributed by atoms with Crippen molar-refractivity contribution in [1.82, 2.24) is 14.8 Å². The third kappa shape index (κ3) is 2.97. The summed E-state index contributed by atoms with van der Waals surface area (Å²) in [6.45, 7) is 5.87. The molecule has 3 nitrogen and oxygen atoms in total. The maximum Gasteiger partial charge on any atom is 0.196 e. The minimum absolute atomic E-state index is 0.804. The molecule has 2 aromatic carbocycles. The summed E-state index contributed by atoms with van der Waals surface area (Å²) in [5.74, 6) is 1.66. The minimum atomic E-state index is 0.804. The number of aromatic nitrogens is 3. The molecule has 0 aliphatic rings. The van der Waals surface area contributed by atoms with Gasteiger partial charge in [-0.3, -0.25) is 4.57 Å². The molecule has 0 amide bonds. The molecule has 0 bridgehead atoms. The highest BCUT2D eigenvalue weighted by Gasteiger charge is 2.15. The zero-order chi connectivity index (χ0) is 15.4. The normalized spacial score (nSPS) is 10.6. The third-order valence-corrected chi connectivity index (χ3v) is 4.18. The first kappa shape index (κ1) is 14.6. The maximum absolute atomic E-state index is 4.40. The van der Waals surface area contributed by atoms with E-state index in [1.807, 2.05) is 24.3 Å². The van der Waals surface area contributed by atoms with Gasteiger partial charge >= 0.3 is 0 Å². The number of hydrogen-bond donors (Lipinski definition) is 0. The van der Waals surface area contributed by atoms with Gasteiger partial charge in [-0.05, 0) is 24.6 Å². The molecule has 0 saturated carbocycles. The molecule has 4 heteroatoms. The van der Waals surface area contributed by atoms with Gasteiger partial charge in [0, 0.05) is 17.0 Å². The Morgan fingerprint density at radius 1 is 1.09 bits per heavy atom. The van der Waals surface area contributed by atoms with Gasteiger partial charge < -0.3 is 0 Å². The Balaban J connectivity index is 2.15. The van der Waals surface area contributed by atoms with E-state index in [-0.39, 0.29) is 0 Å². The molecule has 0 fully saturated rings. The van der Waals surface area contributed by atoms with Crippen molar-refractivity contribution in [1.29, 1.82) is 0 Å². The lowest BCUT2D eigenvalue weighted by atomic mass is 10.2. The fraction of sp³-hybridized carbons (Fsp3) is 0.111. The fourth-order valence-corrected chi connectivity index (χ4v) is 2.96. The van der Waals surface area contributed by atoms with Gasteiger partial charge in [0.2, 0.25) is 0 Å². The van der Waals surface area contributed by atoms with Crippen LogP contribution in [0, 0.1) is 6.92 Å². The average molecular weight is 307 g/mol. The first-order valence-corrected chi connectivity index (χ1v) is 8.09. The van der Waals surface area contributed by atoms with E-state index >= 15 is 0 Å². The van der Waals surface area contributed by atoms with Gasteiger partial charge in [0.15, 0.2) is 11.0 Å². The lowest BCUT2D eigenvalue weighted by Gasteiger charge is -2.10. The van der Waals surface area contributed by atoms with Gasteiger partial charge in [0.05, 0.1) is 0 Å². The molecule has 0 aliphatic heterocycles. The zero-order valence-electron chi connectivity index (χ0n) is 12.4. The Morgan fingerprint density at radius 3 is 2.64 bits per heavy atom. The Bertz CT molecular complexity index is 778. The highest BCUT2D eigenvalue weighted by molar-refractivity contribution is 7.99. The van der Waals surface area contributed by atoms with Crippen molar-refractivity contribution >= 4 is 11.8 Å². The number of rotatable bonds is 5. The number of thioether (sulfide) groups is 1. The van der Waals surface area contributed by atoms with Crippen LogP contribution >= 0.6 is 11.8 Å². The molecule has 1 aromatic heterocycles. The average Bonchev–Trinajstić information content (AvgIpc) is 2.97. The summed E-state index contributed by atoms with van der Waals surface area (Å²) < 4.78 is 2.11. The second-order valence-electron chi connectivity index (χ2n) is 4.95. The standard InChI is InChI=1S/C18H17N3S/c1-3-12-22-18-20-19-17(15-9-5-4-6-10-15)21(18)16-11-7-8-14(2)13-16/h3-11,13H,1,12H2,2H3. The van der Waals surface area contributed by atoms with Crippen molar-refractivity contribution in [3.8, 4) is 17.1 Å². The molecule has 0 aliphatic carbocycles. The molecule has 3 rings (SSSR count). The molecule has 3 aromatic rings. The Hall–Kier alpha value is -2.33. The van der Waals surface area contributed by atoms with E-state index in [9.17, 15) is 0 Å². The summed E-state index contributed by atoms with van der Waals surface area (Å²) in [6.07, 6.45) is 1.88. The Labute approximate surface area is 134 Å². The topological polar surface area (TPSA) is 30.7 Å². The Morgan fingerprint density at radius 2 is 1.91 bits per heavy atom. The molecule has 0 saturated heterocycles. The lowest BCUT2D eigenvalue weighted by Crippen LogP contribution is -2.00. The molecule has 0 atom stereocenters. The van der Waals surface area contributed by atoms with E-state index in [2.05, 4.69) is 64.7 Å². The summed E-state index contributed by atoms with van der Waals surface area (Å²) in [7, 11) is 0. The van der Waals surface area contributed by atoms with Gasteiger partial charge in [-0.15, -0.1) is 16.8 Å². The third-order valence-electron chi connectivity index (χ3n) is 3.26. The molecule has 1 heterocycles. The number of hydrogen-bond acceptors (Lipinski definition) is 3. The predicted octanol–water partition coefficient (Wildman–Crippen LogP) is 4.52. The minimum Gasteiger partial charge on any atom is -0.270 e. The Kier molecular flexibility index (Phi) is 4.39. The maximum atomic E-state index is 4.40. The number of aryl methyl sites for hydroxylation is 1. The first-order valence-electron chi connectivity index (χ1n) is 7.11. The lowest BCUT2D eigenvalue weighted by molar-refractivity contribution is 0.887. The van der Waals surface area contributed by atoms with Gasteiger partial charge in [0.1, 0.15) is 0 Å². The molecule has 22 heavy (non-hydrogen) atoms. The molecular formula is C18H17N3S. The van der Waals surface area contributed by atoms with Gasteiger partial charge in [-0.2, -0.15) is 0 Å². The smallest absolute Gasteiger partial charge is 0.196 e. The summed E-state index contributed by atoms with van der Waals surface area (Å²) in [4.78, 5) is 0. The number of nitrogens with zero attached hydrogens (tertiary/aromatic N) is 3. The van der Waals surface area contributed by atoms with Crippen LogP contribution in [-0.4, -0.2) is 20.5 Å². The molecule has 0 spiro atoms. The molecule has 0 radical (unpaired) electrons. The van der Waals surface area contributed by atoms with E-state index in [1.165, 1.54) is 5.56 Å². The number of benzene rings is 2. The SMILES string of the molecule is C=CCSc1nnc(-c2ccccc2)n1-c1cccc(C)c1. The van der Waals surface area contributed by atoms with Crippen molar-refractivity contribution in [3.05, 3.63) is 72.8 Å². The van der Waals surface area contributed by atoms with E-state index < -0.39 is 0 Å². The van der Waals surface area contributed by atoms with Crippen LogP contribution < -0.4 is 0 Å². The monoisotopic (exact) mass is 307 g/mol. The molecular weight excluding hydrogens is 290 g/mol. The van der Waals surface area contributed by atoms with E-state index in [0.717, 1.165) is 28.0 Å². The largest absolute Gasteiger partial charge is 0.270 e. The molecule has 110 valence electrons. The second kappa shape index (κ2) is 6.62. The van der Waals surface area contributed by atoms with Crippen molar-refractivity contribution < 1.29 is 0 Å². The van der Waals surface area contributed by atoms with Crippen LogP contribution in [0.4, 0.5) is 0 Å². The quantitative estimate of drug-likeness (QED) is 0.513. The van der Waals surface area contributed by atoms with Crippen LogP contribution in [0.25, 0.3) is 17.1 Å². The fourth-order valence-electron chi connectivity index (χ4n) is 2.27. The van der Waals surface area contributed by atoms with Crippen molar-refractivity contribution in [2.75, 3.05) is 5.75 Å². The van der Waals surface area contributed by atoms with Crippen LogP contribution in [0.1, 0.15) is 5.56 Å². The van der Waals surface area contributed by atoms with Crippen molar-refractivity contribution in [3.63, 3.8) is 0 Å². The van der Waals surface area contributed by atoms with E-state index in [0.29, 0.717) is 0 Å². The first-order chi connectivity index (χ1) is 10.8. The van der Waals surface area contributed by atoms with Crippen LogP contribution in [0.5, 0.6) is 0 Å². The van der Waals surface area contributed by atoms with Crippen molar-refractivity contribution in [2.45, 2.75) is 12.1 Å². The van der Waals surface area contributed by atoms with Gasteiger partial charge in [-0.1, -0.05) is 60.3 Å². The van der Waals surface area contributed by atoms with Crippen LogP contribution in [0.15, 0.2) is 72.4 Å². The summed E-state index contributed by atoms with van der Waals surface area (Å²) in [5, 5.41) is 9.65. The van der Waals surface area contributed by atoms with Crippen LogP contribution in [0.2, 0.25) is 0 Å². The highest BCUT2D eigenvalue weighted by atomic mass is 32.2. The van der Waals surface area contributed by atoms with Gasteiger partial charge in [0.25, 0.3) is 0 Å². The summed E-state index contributed by atoms with van der Waals surface area (Å²) in [6, 6.07) is 18.5. The van der Waals surface area contributed by atoms with Gasteiger partial charge in [-0.25, -0.2) is 0 Å².